The number of quaternary nitrogens is 1. The maximum absolute atomic E-state index is 13.4. The Hall–Kier alpha value is -3.08. The van der Waals surface area contributed by atoms with Crippen molar-refractivity contribution < 1.29 is 39.1 Å². The largest absolute Gasteiger partial charge is 0.595 e. The van der Waals surface area contributed by atoms with Crippen molar-refractivity contribution in [2.45, 2.75) is 26.9 Å². The Kier molecular flexibility index (Phi) is 4.53. The van der Waals surface area contributed by atoms with Crippen molar-refractivity contribution in [3.8, 4) is 0 Å². The Morgan fingerprint density at radius 2 is 2.03 bits per heavy atom. The van der Waals surface area contributed by atoms with E-state index in [2.05, 4.69) is 0 Å². The van der Waals surface area contributed by atoms with Gasteiger partial charge in [0.15, 0.2) is 5.69 Å². The molecule has 0 radical (unpaired) electrons. The molecular formula is C20H20N2O8. The Morgan fingerprint density at radius 1 is 1.33 bits per heavy atom. The summed E-state index contributed by atoms with van der Waals surface area (Å²) in [6, 6.07) is 5.42. The summed E-state index contributed by atoms with van der Waals surface area (Å²) in [4.78, 5) is 52.9. The average Bonchev–Trinajstić information content (AvgIpc) is 2.96. The van der Waals surface area contributed by atoms with Gasteiger partial charge >= 0.3 is 11.9 Å². The first-order valence-corrected chi connectivity index (χ1v) is 9.45. The molecule has 4 aliphatic rings. The smallest absolute Gasteiger partial charge is 0.335 e. The van der Waals surface area contributed by atoms with Crippen molar-refractivity contribution in [2.75, 3.05) is 11.5 Å². The molecule has 1 aromatic rings. The molecule has 2 bridgehead atoms. The first kappa shape index (κ1) is 20.2. The Bertz CT molecular complexity index is 1020. The minimum absolute atomic E-state index is 0.0501. The summed E-state index contributed by atoms with van der Waals surface area (Å²) in [5.74, 6) is -4.89. The lowest BCUT2D eigenvalue weighted by molar-refractivity contribution is -0.991. The Labute approximate surface area is 171 Å². The Morgan fingerprint density at radius 3 is 2.67 bits per heavy atom. The van der Waals surface area contributed by atoms with Gasteiger partial charge in [-0.3, -0.25) is 14.4 Å². The standard InChI is InChI=1S/C20H20N2O8/c1-4-29-18(25)13-9(2)15-12-14(20(13,3)19(26)30-15)17(24)21(16(12)23)10-6-5-7-11(8-10)22(27)28/h5-8,12,14-15,22,27H,4H2,1-3H3/t12-,14-,15-,20-/m1/s1. The number of ether oxygens (including phenoxy) is 2. The van der Waals surface area contributed by atoms with E-state index in [-0.39, 0.29) is 23.6 Å². The molecule has 3 aliphatic heterocycles. The molecule has 1 aliphatic carbocycles. The van der Waals surface area contributed by atoms with Crippen LogP contribution in [-0.4, -0.2) is 41.7 Å². The van der Waals surface area contributed by atoms with Crippen LogP contribution in [0.2, 0.25) is 0 Å². The van der Waals surface area contributed by atoms with E-state index in [4.69, 9.17) is 9.47 Å². The fourth-order valence-electron chi connectivity index (χ4n) is 4.82. The number of rotatable bonds is 4. The average molecular weight is 416 g/mol. The van der Waals surface area contributed by atoms with E-state index in [1.54, 1.807) is 13.8 Å². The van der Waals surface area contributed by atoms with E-state index in [0.29, 0.717) is 5.57 Å². The fourth-order valence-corrected chi connectivity index (χ4v) is 4.82. The number of amides is 2. The van der Waals surface area contributed by atoms with Gasteiger partial charge in [-0.2, -0.15) is 5.23 Å². The maximum atomic E-state index is 13.4. The molecule has 3 heterocycles. The number of esters is 2. The molecule has 2 N–H and O–H groups in total. The van der Waals surface area contributed by atoms with Gasteiger partial charge in [-0.25, -0.2) is 14.9 Å². The molecule has 10 heteroatoms. The number of anilines is 1. The zero-order valence-electron chi connectivity index (χ0n) is 16.5. The van der Waals surface area contributed by atoms with E-state index in [0.717, 1.165) is 4.90 Å². The lowest BCUT2D eigenvalue weighted by Crippen LogP contribution is -2.99. The second-order valence-electron chi connectivity index (χ2n) is 7.68. The van der Waals surface area contributed by atoms with Gasteiger partial charge in [0.2, 0.25) is 11.8 Å². The summed E-state index contributed by atoms with van der Waals surface area (Å²) in [6.45, 7) is 4.71. The highest BCUT2D eigenvalue weighted by atomic mass is 16.8. The van der Waals surface area contributed by atoms with Gasteiger partial charge in [0, 0.05) is 12.1 Å². The normalized spacial score (nSPS) is 31.0. The van der Waals surface area contributed by atoms with Gasteiger partial charge in [-0.05, 0) is 32.4 Å². The summed E-state index contributed by atoms with van der Waals surface area (Å²) in [6.07, 6.45) is -1.06. The monoisotopic (exact) mass is 416 g/mol. The van der Waals surface area contributed by atoms with Gasteiger partial charge in [0.05, 0.1) is 29.7 Å². The van der Waals surface area contributed by atoms with Gasteiger partial charge in [0.1, 0.15) is 11.5 Å². The van der Waals surface area contributed by atoms with E-state index in [1.165, 1.54) is 31.2 Å². The van der Waals surface area contributed by atoms with Crippen LogP contribution in [0.1, 0.15) is 20.8 Å². The number of carbonyl (C=O) groups is 4. The van der Waals surface area contributed by atoms with Crippen molar-refractivity contribution >= 4 is 35.1 Å². The predicted molar refractivity (Wildman–Crippen MR) is 99.0 cm³/mol. The molecule has 5 rings (SSSR count). The number of carbonyl (C=O) groups excluding carboxylic acids is 4. The third kappa shape index (κ3) is 2.47. The molecule has 2 fully saturated rings. The molecule has 0 saturated carbocycles. The minimum atomic E-state index is -1.68. The van der Waals surface area contributed by atoms with Crippen LogP contribution in [0.4, 0.5) is 11.4 Å². The van der Waals surface area contributed by atoms with E-state index in [9.17, 15) is 29.6 Å². The summed E-state index contributed by atoms with van der Waals surface area (Å²) < 4.78 is 10.5. The number of imide groups is 1. The van der Waals surface area contributed by atoms with Gasteiger partial charge in [-0.1, -0.05) is 6.07 Å². The highest BCUT2D eigenvalue weighted by molar-refractivity contribution is 6.25. The van der Waals surface area contributed by atoms with Crippen LogP contribution >= 0.6 is 0 Å². The molecule has 158 valence electrons. The molecule has 1 unspecified atom stereocenters. The van der Waals surface area contributed by atoms with Gasteiger partial charge in [0.25, 0.3) is 0 Å². The van der Waals surface area contributed by atoms with Crippen LogP contribution in [0.5, 0.6) is 0 Å². The highest BCUT2D eigenvalue weighted by Crippen LogP contribution is 2.58. The topological polar surface area (TPSA) is 138 Å². The molecule has 2 amide bonds. The highest BCUT2D eigenvalue weighted by Gasteiger charge is 2.71. The van der Waals surface area contributed by atoms with Crippen molar-refractivity contribution in [2.24, 2.45) is 17.3 Å². The molecule has 5 atom stereocenters. The summed E-state index contributed by atoms with van der Waals surface area (Å²) in [7, 11) is 0. The summed E-state index contributed by atoms with van der Waals surface area (Å²) >= 11 is 0. The third-order valence-corrected chi connectivity index (χ3v) is 6.13. The fraction of sp³-hybridized carbons (Fsp3) is 0.400. The van der Waals surface area contributed by atoms with Gasteiger partial charge in [-0.15, -0.1) is 0 Å². The molecule has 30 heavy (non-hydrogen) atoms. The SMILES string of the molecule is CCOC(=O)C1=C(C)[C@H]2OC(=O)[C@@]1(C)[C@H]1C(=O)N(c3cccc([NH+]([O-])O)c3)C(=O)[C@@H]21. The minimum Gasteiger partial charge on any atom is -0.595 e. The zero-order chi connectivity index (χ0) is 22.0. The second kappa shape index (κ2) is 6.73. The number of benzene rings is 1. The molecule has 1 aromatic carbocycles. The van der Waals surface area contributed by atoms with Crippen LogP contribution in [0.25, 0.3) is 0 Å². The van der Waals surface area contributed by atoms with E-state index >= 15 is 0 Å². The molecule has 10 nitrogen and oxygen atoms in total. The molecule has 0 aromatic heterocycles. The van der Waals surface area contributed by atoms with Crippen molar-refractivity contribution in [1.82, 2.24) is 0 Å². The lowest BCUT2D eigenvalue weighted by Gasteiger charge is -2.48. The first-order chi connectivity index (χ1) is 14.1. The third-order valence-electron chi connectivity index (χ3n) is 6.13. The molecular weight excluding hydrogens is 396 g/mol. The molecule has 0 spiro atoms. The second-order valence-corrected chi connectivity index (χ2v) is 7.68. The summed E-state index contributed by atoms with van der Waals surface area (Å²) in [5, 5.41) is 19.3. The van der Waals surface area contributed by atoms with Crippen LogP contribution in [0, 0.1) is 22.5 Å². The van der Waals surface area contributed by atoms with Crippen LogP contribution in [-0.2, 0) is 28.7 Å². The lowest BCUT2D eigenvalue weighted by atomic mass is 9.57. The first-order valence-electron chi connectivity index (χ1n) is 9.45. The van der Waals surface area contributed by atoms with Crippen LogP contribution < -0.4 is 10.1 Å². The quantitative estimate of drug-likeness (QED) is 0.398. The van der Waals surface area contributed by atoms with Crippen molar-refractivity contribution in [3.05, 3.63) is 40.6 Å². The van der Waals surface area contributed by atoms with E-state index in [1.807, 2.05) is 0 Å². The number of fused-ring (bicyclic) bond motifs is 1. The zero-order valence-corrected chi connectivity index (χ0v) is 16.5. The number of nitrogens with zero attached hydrogens (tertiary/aromatic N) is 1. The number of nitrogens with one attached hydrogen (secondary N) is 1. The van der Waals surface area contributed by atoms with Crippen LogP contribution in [0.3, 0.4) is 0 Å². The Balaban J connectivity index is 1.83. The van der Waals surface area contributed by atoms with Crippen molar-refractivity contribution in [3.63, 3.8) is 0 Å². The number of hydrogen-bond donors (Lipinski definition) is 2. The van der Waals surface area contributed by atoms with E-state index < -0.39 is 52.3 Å². The number of hydrogen-bond acceptors (Lipinski definition) is 8. The van der Waals surface area contributed by atoms with Crippen molar-refractivity contribution in [1.29, 1.82) is 0 Å². The molecule has 2 saturated heterocycles. The van der Waals surface area contributed by atoms with Crippen LogP contribution in [0.15, 0.2) is 35.4 Å². The predicted octanol–water partition coefficient (Wildman–Crippen LogP) is 0.0205. The van der Waals surface area contributed by atoms with Gasteiger partial charge < -0.3 is 14.7 Å². The summed E-state index contributed by atoms with van der Waals surface area (Å²) in [5.41, 5.74) is -1.24. The maximum Gasteiger partial charge on any atom is 0.335 e.